The maximum absolute atomic E-state index is 13.0. The Morgan fingerprint density at radius 3 is 2.35 bits per heavy atom. The Hall–Kier alpha value is -2.24. The van der Waals surface area contributed by atoms with Crippen molar-refractivity contribution in [2.75, 3.05) is 19.0 Å². The molecule has 0 amide bonds. The number of ether oxygens (including phenoxy) is 1. The average Bonchev–Trinajstić information content (AvgIpc) is 3.19. The zero-order valence-corrected chi connectivity index (χ0v) is 19.9. The lowest BCUT2D eigenvalue weighted by molar-refractivity contribution is 0.103. The van der Waals surface area contributed by atoms with Crippen LogP contribution in [-0.4, -0.2) is 30.2 Å². The van der Waals surface area contributed by atoms with E-state index in [4.69, 9.17) is 17.0 Å². The fraction of sp³-hybridized carbons (Fsp3) is 0.462. The number of rotatable bonds is 7. The van der Waals surface area contributed by atoms with Crippen molar-refractivity contribution in [2.24, 2.45) is 0 Å². The molecule has 1 aliphatic carbocycles. The first-order valence-corrected chi connectivity index (χ1v) is 11.5. The molecular weight excluding hydrogens is 404 g/mol. The van der Waals surface area contributed by atoms with Crippen LogP contribution in [-0.2, 0) is 10.2 Å². The van der Waals surface area contributed by atoms with Crippen LogP contribution in [0, 0.1) is 0 Å². The van der Waals surface area contributed by atoms with E-state index in [1.807, 2.05) is 48.5 Å². The lowest BCUT2D eigenvalue weighted by atomic mass is 9.86. The second-order valence-electron chi connectivity index (χ2n) is 9.55. The highest BCUT2D eigenvalue weighted by atomic mass is 32.1. The van der Waals surface area contributed by atoms with Crippen LogP contribution in [0.25, 0.3) is 0 Å². The second kappa shape index (κ2) is 9.92. The number of methoxy groups -OCH3 is 1. The Labute approximate surface area is 191 Å². The number of thiocarbonyl (C=S) groups is 1. The standard InChI is InChI=1S/C26H34N2O2S/c1-25(2,3)21-12-10-19(11-13-21)23(29)20-8-7-9-22(18-20)27-24(31)28-26(16-17-30-4)14-5-6-15-26/h7-13,18H,5-6,14-17H2,1-4H3,(H2,27,28,31). The van der Waals surface area contributed by atoms with E-state index in [1.54, 1.807) is 7.11 Å². The van der Waals surface area contributed by atoms with Gasteiger partial charge in [-0.1, -0.05) is 70.0 Å². The van der Waals surface area contributed by atoms with Crippen molar-refractivity contribution < 1.29 is 9.53 Å². The van der Waals surface area contributed by atoms with E-state index in [0.717, 1.165) is 24.9 Å². The topological polar surface area (TPSA) is 50.4 Å². The third kappa shape index (κ3) is 6.14. The van der Waals surface area contributed by atoms with Crippen molar-refractivity contribution in [3.05, 3.63) is 65.2 Å². The molecule has 2 N–H and O–H groups in total. The van der Waals surface area contributed by atoms with Gasteiger partial charge in [-0.25, -0.2) is 0 Å². The van der Waals surface area contributed by atoms with Gasteiger partial charge in [0.1, 0.15) is 0 Å². The normalized spacial score (nSPS) is 15.5. The van der Waals surface area contributed by atoms with Gasteiger partial charge in [-0.3, -0.25) is 4.79 Å². The predicted molar refractivity (Wildman–Crippen MR) is 132 cm³/mol. The Kier molecular flexibility index (Phi) is 7.50. The molecule has 0 heterocycles. The summed E-state index contributed by atoms with van der Waals surface area (Å²) in [6.45, 7) is 7.22. The van der Waals surface area contributed by atoms with E-state index in [-0.39, 0.29) is 16.7 Å². The molecule has 0 spiro atoms. The summed E-state index contributed by atoms with van der Waals surface area (Å²) in [5, 5.41) is 7.40. The molecule has 31 heavy (non-hydrogen) atoms. The lowest BCUT2D eigenvalue weighted by Crippen LogP contribution is -2.48. The van der Waals surface area contributed by atoms with E-state index >= 15 is 0 Å². The molecule has 1 aliphatic rings. The number of ketones is 1. The van der Waals surface area contributed by atoms with E-state index in [0.29, 0.717) is 22.8 Å². The van der Waals surface area contributed by atoms with Crippen LogP contribution in [0.5, 0.6) is 0 Å². The van der Waals surface area contributed by atoms with Crippen LogP contribution < -0.4 is 10.6 Å². The van der Waals surface area contributed by atoms with Crippen molar-refractivity contribution in [2.45, 2.75) is 63.8 Å². The smallest absolute Gasteiger partial charge is 0.193 e. The second-order valence-corrected chi connectivity index (χ2v) is 9.95. The van der Waals surface area contributed by atoms with Gasteiger partial charge in [0.15, 0.2) is 10.9 Å². The van der Waals surface area contributed by atoms with Gasteiger partial charge in [-0.15, -0.1) is 0 Å². The number of hydrogen-bond acceptors (Lipinski definition) is 3. The molecule has 1 fully saturated rings. The molecule has 5 heteroatoms. The molecule has 0 radical (unpaired) electrons. The Bertz CT molecular complexity index is 910. The van der Waals surface area contributed by atoms with Gasteiger partial charge in [0.05, 0.1) is 0 Å². The van der Waals surface area contributed by atoms with Gasteiger partial charge in [0.25, 0.3) is 0 Å². The van der Waals surface area contributed by atoms with Crippen molar-refractivity contribution in [1.82, 2.24) is 5.32 Å². The van der Waals surface area contributed by atoms with Crippen LogP contribution in [0.15, 0.2) is 48.5 Å². The molecular formula is C26H34N2O2S. The monoisotopic (exact) mass is 438 g/mol. The zero-order valence-electron chi connectivity index (χ0n) is 19.1. The van der Waals surface area contributed by atoms with E-state index in [9.17, 15) is 4.79 Å². The van der Waals surface area contributed by atoms with Gasteiger partial charge < -0.3 is 15.4 Å². The fourth-order valence-electron chi connectivity index (χ4n) is 4.22. The van der Waals surface area contributed by atoms with Gasteiger partial charge in [0.2, 0.25) is 0 Å². The molecule has 2 aromatic rings. The fourth-order valence-corrected chi connectivity index (χ4v) is 4.55. The number of nitrogens with one attached hydrogen (secondary N) is 2. The minimum atomic E-state index is 0.00231. The maximum Gasteiger partial charge on any atom is 0.193 e. The molecule has 0 unspecified atom stereocenters. The highest BCUT2D eigenvalue weighted by Gasteiger charge is 2.34. The molecule has 166 valence electrons. The number of benzene rings is 2. The van der Waals surface area contributed by atoms with Crippen molar-refractivity contribution >= 4 is 28.8 Å². The minimum absolute atomic E-state index is 0.00231. The van der Waals surface area contributed by atoms with Gasteiger partial charge >= 0.3 is 0 Å². The highest BCUT2D eigenvalue weighted by molar-refractivity contribution is 7.80. The van der Waals surface area contributed by atoms with E-state index < -0.39 is 0 Å². The van der Waals surface area contributed by atoms with Crippen LogP contribution in [0.4, 0.5) is 5.69 Å². The average molecular weight is 439 g/mol. The summed E-state index contributed by atoms with van der Waals surface area (Å²) in [7, 11) is 1.73. The summed E-state index contributed by atoms with van der Waals surface area (Å²) in [6.07, 6.45) is 5.55. The largest absolute Gasteiger partial charge is 0.385 e. The van der Waals surface area contributed by atoms with Crippen molar-refractivity contribution in [3.8, 4) is 0 Å². The summed E-state index contributed by atoms with van der Waals surface area (Å²) < 4.78 is 5.30. The molecule has 0 saturated heterocycles. The summed E-state index contributed by atoms with van der Waals surface area (Å²) in [5.41, 5.74) is 3.43. The summed E-state index contributed by atoms with van der Waals surface area (Å²) in [4.78, 5) is 13.0. The molecule has 1 saturated carbocycles. The van der Waals surface area contributed by atoms with E-state index in [1.165, 1.54) is 18.4 Å². The van der Waals surface area contributed by atoms with Crippen LogP contribution in [0.2, 0.25) is 0 Å². The van der Waals surface area contributed by atoms with Crippen LogP contribution in [0.1, 0.15) is 74.4 Å². The zero-order chi connectivity index (χ0) is 22.5. The van der Waals surface area contributed by atoms with Gasteiger partial charge in [0, 0.05) is 36.1 Å². The Morgan fingerprint density at radius 2 is 1.74 bits per heavy atom. The molecule has 2 aromatic carbocycles. The quantitative estimate of drug-likeness (QED) is 0.419. The Balaban J connectivity index is 1.68. The minimum Gasteiger partial charge on any atom is -0.385 e. The summed E-state index contributed by atoms with van der Waals surface area (Å²) in [5.74, 6) is 0.00958. The van der Waals surface area contributed by atoms with Crippen LogP contribution in [0.3, 0.4) is 0 Å². The summed E-state index contributed by atoms with van der Waals surface area (Å²) >= 11 is 5.60. The predicted octanol–water partition coefficient (Wildman–Crippen LogP) is 5.85. The first-order valence-electron chi connectivity index (χ1n) is 11.1. The van der Waals surface area contributed by atoms with Gasteiger partial charge in [-0.2, -0.15) is 0 Å². The van der Waals surface area contributed by atoms with Crippen molar-refractivity contribution in [3.63, 3.8) is 0 Å². The molecule has 0 atom stereocenters. The highest BCUT2D eigenvalue weighted by Crippen LogP contribution is 2.32. The molecule has 0 aromatic heterocycles. The first kappa shape index (κ1) is 23.4. The number of hydrogen-bond donors (Lipinski definition) is 2. The SMILES string of the molecule is COCCC1(NC(=S)Nc2cccc(C(=O)c3ccc(C(C)(C)C)cc3)c2)CCCC1. The van der Waals surface area contributed by atoms with Gasteiger partial charge in [-0.05, 0) is 54.6 Å². The first-order chi connectivity index (χ1) is 14.7. The molecule has 0 aliphatic heterocycles. The number of anilines is 1. The maximum atomic E-state index is 13.0. The van der Waals surface area contributed by atoms with Crippen LogP contribution >= 0.6 is 12.2 Å². The third-order valence-corrected chi connectivity index (χ3v) is 6.32. The molecule has 0 bridgehead atoms. The van der Waals surface area contributed by atoms with Crippen molar-refractivity contribution in [1.29, 1.82) is 0 Å². The number of carbonyl (C=O) groups excluding carboxylic acids is 1. The summed E-state index contributed by atoms with van der Waals surface area (Å²) in [6, 6.07) is 15.4. The lowest BCUT2D eigenvalue weighted by Gasteiger charge is -2.31. The third-order valence-electron chi connectivity index (χ3n) is 6.12. The molecule has 4 nitrogen and oxygen atoms in total. The molecule has 3 rings (SSSR count). The van der Waals surface area contributed by atoms with E-state index in [2.05, 4.69) is 31.4 Å². The Morgan fingerprint density at radius 1 is 1.06 bits per heavy atom. The number of carbonyl (C=O) groups is 1.